The van der Waals surface area contributed by atoms with Crippen molar-refractivity contribution in [3.05, 3.63) is 35.4 Å². The molecule has 1 saturated carbocycles. The lowest BCUT2D eigenvalue weighted by molar-refractivity contribution is -0.143. The Kier molecular flexibility index (Phi) is 10.4. The van der Waals surface area contributed by atoms with Crippen molar-refractivity contribution < 1.29 is 24.2 Å². The van der Waals surface area contributed by atoms with Crippen LogP contribution in [0.1, 0.15) is 83.4 Å². The summed E-state index contributed by atoms with van der Waals surface area (Å²) in [6.07, 6.45) is 4.97. The van der Waals surface area contributed by atoms with Gasteiger partial charge in [-0.1, -0.05) is 50.5 Å². The minimum atomic E-state index is -1.23. The quantitative estimate of drug-likeness (QED) is 0.506. The van der Waals surface area contributed by atoms with E-state index in [2.05, 4.69) is 10.6 Å². The average Bonchev–Trinajstić information content (AvgIpc) is 2.77. The molecule has 34 heavy (non-hydrogen) atoms. The molecule has 1 aromatic rings. The fourth-order valence-electron chi connectivity index (χ4n) is 4.31. The van der Waals surface area contributed by atoms with Crippen molar-refractivity contribution in [1.29, 1.82) is 0 Å². The van der Waals surface area contributed by atoms with Gasteiger partial charge in [0, 0.05) is 12.6 Å². The number of rotatable bonds is 9. The Balaban J connectivity index is 2.36. The van der Waals surface area contributed by atoms with Crippen molar-refractivity contribution in [1.82, 2.24) is 15.5 Å². The number of hydrogen-bond acceptors (Lipinski definition) is 5. The van der Waals surface area contributed by atoms with Crippen molar-refractivity contribution in [2.75, 3.05) is 13.2 Å². The lowest BCUT2D eigenvalue weighted by Crippen LogP contribution is -2.55. The molecule has 0 aromatic heterocycles. The van der Waals surface area contributed by atoms with Gasteiger partial charge >= 0.3 is 6.09 Å². The smallest absolute Gasteiger partial charge is 0.408 e. The Bertz CT molecular complexity index is 830. The average molecular weight is 476 g/mol. The van der Waals surface area contributed by atoms with Crippen LogP contribution >= 0.6 is 0 Å². The number of carbonyl (C=O) groups excluding carboxylic acids is 3. The van der Waals surface area contributed by atoms with E-state index in [9.17, 15) is 19.5 Å². The van der Waals surface area contributed by atoms with Gasteiger partial charge in [0.15, 0.2) is 0 Å². The van der Waals surface area contributed by atoms with E-state index in [1.807, 2.05) is 38.1 Å². The zero-order valence-corrected chi connectivity index (χ0v) is 21.2. The van der Waals surface area contributed by atoms with Gasteiger partial charge in [-0.05, 0) is 58.1 Å². The third kappa shape index (κ3) is 8.01. The van der Waals surface area contributed by atoms with Crippen LogP contribution < -0.4 is 10.6 Å². The van der Waals surface area contributed by atoms with Crippen LogP contribution in [-0.2, 0) is 14.3 Å². The number of nitrogens with one attached hydrogen (secondary N) is 2. The Labute approximate surface area is 203 Å². The monoisotopic (exact) mass is 475 g/mol. The predicted molar refractivity (Wildman–Crippen MR) is 131 cm³/mol. The number of ether oxygens (including phenoxy) is 1. The number of aliphatic hydroxyl groups is 1. The van der Waals surface area contributed by atoms with Crippen LogP contribution in [0.15, 0.2) is 24.3 Å². The fraction of sp³-hybridized carbons (Fsp3) is 0.654. The first-order chi connectivity index (χ1) is 16.1. The highest BCUT2D eigenvalue weighted by atomic mass is 16.6. The van der Waals surface area contributed by atoms with E-state index in [0.29, 0.717) is 13.0 Å². The molecule has 8 nitrogen and oxygen atoms in total. The van der Waals surface area contributed by atoms with E-state index in [-0.39, 0.29) is 11.9 Å². The molecule has 0 saturated heterocycles. The van der Waals surface area contributed by atoms with Gasteiger partial charge in [0.25, 0.3) is 0 Å². The maximum atomic E-state index is 13.6. The molecule has 0 spiro atoms. The van der Waals surface area contributed by atoms with Crippen LogP contribution in [0, 0.1) is 6.92 Å². The molecular formula is C26H41N3O5. The van der Waals surface area contributed by atoms with Crippen molar-refractivity contribution in [2.24, 2.45) is 0 Å². The molecule has 3 amide bonds. The Morgan fingerprint density at radius 3 is 2.35 bits per heavy atom. The van der Waals surface area contributed by atoms with E-state index in [1.54, 1.807) is 20.8 Å². The van der Waals surface area contributed by atoms with Crippen LogP contribution in [0.3, 0.4) is 0 Å². The highest BCUT2D eigenvalue weighted by Gasteiger charge is 2.37. The minimum Gasteiger partial charge on any atom is -0.444 e. The number of benzene rings is 1. The molecule has 1 aromatic carbocycles. The third-order valence-electron chi connectivity index (χ3n) is 5.91. The summed E-state index contributed by atoms with van der Waals surface area (Å²) in [6.45, 7) is 8.67. The lowest BCUT2D eigenvalue weighted by atomic mass is 9.93. The number of aliphatic hydroxyl groups excluding tert-OH is 1. The summed E-state index contributed by atoms with van der Waals surface area (Å²) in [5.74, 6) is -0.765. The second-order valence-corrected chi connectivity index (χ2v) is 10.0. The molecule has 1 aliphatic rings. The summed E-state index contributed by atoms with van der Waals surface area (Å²) in [5, 5.41) is 15.6. The molecule has 8 heteroatoms. The maximum absolute atomic E-state index is 13.6. The summed E-state index contributed by atoms with van der Waals surface area (Å²) in [5.41, 5.74) is 0.868. The molecule has 2 unspecified atom stereocenters. The number of hydrogen-bond donors (Lipinski definition) is 3. The third-order valence-corrected chi connectivity index (χ3v) is 5.91. The van der Waals surface area contributed by atoms with Crippen LogP contribution in [0.4, 0.5) is 4.79 Å². The van der Waals surface area contributed by atoms with Crippen LogP contribution in [-0.4, -0.2) is 58.8 Å². The Morgan fingerprint density at radius 1 is 1.15 bits per heavy atom. The van der Waals surface area contributed by atoms with E-state index in [4.69, 9.17) is 4.74 Å². The summed E-state index contributed by atoms with van der Waals surface area (Å²) in [7, 11) is 0. The first-order valence-corrected chi connectivity index (χ1v) is 12.3. The van der Waals surface area contributed by atoms with Crippen molar-refractivity contribution in [3.63, 3.8) is 0 Å². The summed E-state index contributed by atoms with van der Waals surface area (Å²) in [4.78, 5) is 41.0. The van der Waals surface area contributed by atoms with Crippen LogP contribution in [0.2, 0.25) is 0 Å². The highest BCUT2D eigenvalue weighted by Crippen LogP contribution is 2.27. The number of amides is 3. The zero-order valence-electron chi connectivity index (χ0n) is 21.2. The van der Waals surface area contributed by atoms with Gasteiger partial charge in [-0.25, -0.2) is 4.79 Å². The van der Waals surface area contributed by atoms with Crippen molar-refractivity contribution in [2.45, 2.75) is 96.9 Å². The number of alkyl carbamates (subject to hydrolysis) is 1. The maximum Gasteiger partial charge on any atom is 0.408 e. The number of aryl methyl sites for hydroxylation is 1. The summed E-state index contributed by atoms with van der Waals surface area (Å²) < 4.78 is 5.26. The molecule has 0 radical (unpaired) electrons. The van der Waals surface area contributed by atoms with Gasteiger partial charge in [-0.3, -0.25) is 9.59 Å². The molecule has 0 aliphatic heterocycles. The van der Waals surface area contributed by atoms with Gasteiger partial charge in [0.2, 0.25) is 11.8 Å². The normalized spacial score (nSPS) is 16.3. The van der Waals surface area contributed by atoms with Crippen LogP contribution in [0.25, 0.3) is 0 Å². The molecule has 3 N–H and O–H groups in total. The van der Waals surface area contributed by atoms with Gasteiger partial charge in [0.05, 0.1) is 6.61 Å². The minimum absolute atomic E-state index is 0.0832. The number of carbonyl (C=O) groups is 3. The second-order valence-electron chi connectivity index (χ2n) is 10.0. The lowest BCUT2D eigenvalue weighted by Gasteiger charge is -2.35. The highest BCUT2D eigenvalue weighted by molar-refractivity contribution is 5.92. The molecule has 2 rings (SSSR count). The SMILES string of the molecule is CCCN(C(=O)C(CO)NC(=O)OC(C)(C)C)C(C(=O)NC1CCCCC1)c1ccccc1C. The Morgan fingerprint density at radius 2 is 1.79 bits per heavy atom. The van der Waals surface area contributed by atoms with Gasteiger partial charge in [0.1, 0.15) is 17.7 Å². The molecule has 1 aliphatic carbocycles. The molecule has 0 bridgehead atoms. The zero-order chi connectivity index (χ0) is 25.3. The summed E-state index contributed by atoms with van der Waals surface area (Å²) >= 11 is 0. The molecule has 2 atom stereocenters. The molecular weight excluding hydrogens is 434 g/mol. The first kappa shape index (κ1) is 27.6. The van der Waals surface area contributed by atoms with E-state index in [1.165, 1.54) is 11.3 Å². The van der Waals surface area contributed by atoms with Crippen molar-refractivity contribution >= 4 is 17.9 Å². The largest absolute Gasteiger partial charge is 0.444 e. The fourth-order valence-corrected chi connectivity index (χ4v) is 4.31. The van der Waals surface area contributed by atoms with E-state index >= 15 is 0 Å². The van der Waals surface area contributed by atoms with Crippen LogP contribution in [0.5, 0.6) is 0 Å². The first-order valence-electron chi connectivity index (χ1n) is 12.3. The van der Waals surface area contributed by atoms with Gasteiger partial charge < -0.3 is 25.4 Å². The second kappa shape index (κ2) is 12.7. The summed E-state index contributed by atoms with van der Waals surface area (Å²) in [6, 6.07) is 5.49. The van der Waals surface area contributed by atoms with Gasteiger partial charge in [-0.15, -0.1) is 0 Å². The van der Waals surface area contributed by atoms with Gasteiger partial charge in [-0.2, -0.15) is 0 Å². The topological polar surface area (TPSA) is 108 Å². The van der Waals surface area contributed by atoms with Crippen molar-refractivity contribution in [3.8, 4) is 0 Å². The number of nitrogens with zero attached hydrogens (tertiary/aromatic N) is 1. The molecule has 190 valence electrons. The van der Waals surface area contributed by atoms with E-state index < -0.39 is 36.3 Å². The van der Waals surface area contributed by atoms with E-state index in [0.717, 1.165) is 36.8 Å². The molecule has 0 heterocycles. The Hall–Kier alpha value is -2.61. The predicted octanol–water partition coefficient (Wildman–Crippen LogP) is 3.61. The molecule has 1 fully saturated rings. The standard InChI is InChI=1S/C26H41N3O5/c1-6-16-29(24(32)21(17-30)28-25(33)34-26(3,4)5)22(20-15-11-10-12-18(20)2)23(31)27-19-13-8-7-9-14-19/h10-12,15,19,21-22,30H,6-9,13-14,16-17H2,1-5H3,(H,27,31)(H,28,33).